The van der Waals surface area contributed by atoms with Crippen molar-refractivity contribution in [2.45, 2.75) is 5.41 Å². The molecule has 0 N–H and O–H groups in total. The number of fused-ring (bicyclic) bond motifs is 7. The fourth-order valence-corrected chi connectivity index (χ4v) is 10.2. The number of para-hydroxylation sites is 1. The fraction of sp³-hybridized carbons (Fsp3) is 0.0169. The van der Waals surface area contributed by atoms with Gasteiger partial charge < -0.3 is 9.32 Å². The van der Waals surface area contributed by atoms with Gasteiger partial charge in [0.15, 0.2) is 0 Å². The Morgan fingerprint density at radius 2 is 0.934 bits per heavy atom. The van der Waals surface area contributed by atoms with Crippen LogP contribution in [0.15, 0.2) is 241 Å². The highest BCUT2D eigenvalue weighted by molar-refractivity contribution is 6.17. The third kappa shape index (κ3) is 5.36. The minimum atomic E-state index is -0.539. The molecule has 1 heterocycles. The normalized spacial score (nSPS) is 12.7. The van der Waals surface area contributed by atoms with E-state index in [1.807, 2.05) is 0 Å². The summed E-state index contributed by atoms with van der Waals surface area (Å²) in [5.74, 6) is 0. The molecule has 0 unspecified atom stereocenters. The maximum absolute atomic E-state index is 6.89. The molecule has 11 aromatic rings. The minimum Gasteiger partial charge on any atom is -0.455 e. The molecular formula is C59H39NO. The number of furan rings is 1. The van der Waals surface area contributed by atoms with Gasteiger partial charge in [0.1, 0.15) is 11.2 Å². The van der Waals surface area contributed by atoms with Crippen LogP contribution in [-0.4, -0.2) is 0 Å². The Labute approximate surface area is 355 Å². The zero-order chi connectivity index (χ0) is 40.3. The molecule has 0 spiro atoms. The smallest absolute Gasteiger partial charge is 0.145 e. The standard InChI is InChI=1S/C59H39NO/c1-4-18-41(19-5-1)48-38-39-54(57-50-28-13-15-33-55(50)61-58(48)57)60(45-36-34-42(35-37-45)47-29-16-21-40-20-10-11-26-46(40)47)53-32-17-31-52-56(53)49-27-12-14-30-51(49)59(52,43-22-6-2-7-23-43)44-24-8-3-9-25-44/h1-39H. The molecule has 61 heavy (non-hydrogen) atoms. The van der Waals surface area contributed by atoms with Crippen LogP contribution in [0.1, 0.15) is 22.3 Å². The van der Waals surface area contributed by atoms with Crippen LogP contribution in [0, 0.1) is 0 Å². The van der Waals surface area contributed by atoms with Gasteiger partial charge in [-0.2, -0.15) is 0 Å². The Bertz CT molecular complexity index is 3360. The molecule has 0 aliphatic heterocycles. The average molecular weight is 778 g/mol. The van der Waals surface area contributed by atoms with E-state index in [2.05, 4.69) is 241 Å². The molecule has 0 saturated heterocycles. The summed E-state index contributed by atoms with van der Waals surface area (Å²) in [6.07, 6.45) is 0. The van der Waals surface area contributed by atoms with Crippen molar-refractivity contribution in [1.29, 1.82) is 0 Å². The maximum Gasteiger partial charge on any atom is 0.145 e. The van der Waals surface area contributed by atoms with Gasteiger partial charge in [-0.25, -0.2) is 0 Å². The van der Waals surface area contributed by atoms with Gasteiger partial charge in [0.25, 0.3) is 0 Å². The predicted molar refractivity (Wildman–Crippen MR) is 254 cm³/mol. The molecule has 0 bridgehead atoms. The third-order valence-electron chi connectivity index (χ3n) is 12.8. The monoisotopic (exact) mass is 777 g/mol. The van der Waals surface area contributed by atoms with E-state index >= 15 is 0 Å². The highest BCUT2D eigenvalue weighted by atomic mass is 16.3. The van der Waals surface area contributed by atoms with Crippen LogP contribution in [0.3, 0.4) is 0 Å². The van der Waals surface area contributed by atoms with Crippen LogP contribution in [0.2, 0.25) is 0 Å². The second-order valence-electron chi connectivity index (χ2n) is 15.9. The number of hydrogen-bond donors (Lipinski definition) is 0. The lowest BCUT2D eigenvalue weighted by Gasteiger charge is -2.34. The first-order chi connectivity index (χ1) is 30.3. The number of rotatable bonds is 7. The van der Waals surface area contributed by atoms with E-state index in [9.17, 15) is 0 Å². The molecule has 2 heteroatoms. The molecular weight excluding hydrogens is 739 g/mol. The number of benzene rings is 10. The zero-order valence-electron chi connectivity index (χ0n) is 33.4. The van der Waals surface area contributed by atoms with E-state index in [4.69, 9.17) is 4.42 Å². The Morgan fingerprint density at radius 1 is 0.361 bits per heavy atom. The van der Waals surface area contributed by atoms with Gasteiger partial charge in [0.2, 0.25) is 0 Å². The first-order valence-electron chi connectivity index (χ1n) is 21.0. The second kappa shape index (κ2) is 14.1. The topological polar surface area (TPSA) is 16.4 Å². The van der Waals surface area contributed by atoms with Gasteiger partial charge in [-0.1, -0.05) is 200 Å². The quantitative estimate of drug-likeness (QED) is 0.160. The molecule has 1 aliphatic carbocycles. The Balaban J connectivity index is 1.17. The highest BCUT2D eigenvalue weighted by Crippen LogP contribution is 2.60. The molecule has 0 saturated carbocycles. The Kier molecular flexibility index (Phi) is 8.11. The summed E-state index contributed by atoms with van der Waals surface area (Å²) in [7, 11) is 0. The van der Waals surface area contributed by atoms with Gasteiger partial charge in [-0.05, 0) is 91.7 Å². The van der Waals surface area contributed by atoms with Gasteiger partial charge >= 0.3 is 0 Å². The van der Waals surface area contributed by atoms with Crippen molar-refractivity contribution >= 4 is 49.8 Å². The van der Waals surface area contributed by atoms with E-state index in [0.717, 1.165) is 50.1 Å². The largest absolute Gasteiger partial charge is 0.455 e. The van der Waals surface area contributed by atoms with Gasteiger partial charge in [-0.15, -0.1) is 0 Å². The Hall–Kier alpha value is -7.94. The van der Waals surface area contributed by atoms with E-state index in [0.29, 0.717) is 0 Å². The molecule has 0 atom stereocenters. The average Bonchev–Trinajstić information content (AvgIpc) is 3.88. The van der Waals surface area contributed by atoms with Crippen LogP contribution in [0.4, 0.5) is 17.1 Å². The fourth-order valence-electron chi connectivity index (χ4n) is 10.2. The lowest BCUT2D eigenvalue weighted by Crippen LogP contribution is -2.28. The number of anilines is 3. The highest BCUT2D eigenvalue weighted by Gasteiger charge is 2.47. The molecule has 1 aromatic heterocycles. The molecule has 1 aliphatic rings. The van der Waals surface area contributed by atoms with Crippen molar-refractivity contribution in [2.24, 2.45) is 0 Å². The molecule has 2 nitrogen and oxygen atoms in total. The van der Waals surface area contributed by atoms with Gasteiger partial charge in [-0.3, -0.25) is 0 Å². The second-order valence-corrected chi connectivity index (χ2v) is 15.9. The summed E-state index contributed by atoms with van der Waals surface area (Å²) in [5.41, 5.74) is 16.5. The van der Waals surface area contributed by atoms with E-state index in [1.165, 1.54) is 55.3 Å². The minimum absolute atomic E-state index is 0.539. The summed E-state index contributed by atoms with van der Waals surface area (Å²) in [4.78, 5) is 2.48. The lowest BCUT2D eigenvalue weighted by atomic mass is 9.68. The van der Waals surface area contributed by atoms with Crippen molar-refractivity contribution in [3.63, 3.8) is 0 Å². The van der Waals surface area contributed by atoms with Crippen LogP contribution in [-0.2, 0) is 5.41 Å². The first kappa shape index (κ1) is 35.0. The summed E-state index contributed by atoms with van der Waals surface area (Å²) < 4.78 is 6.89. The molecule has 286 valence electrons. The summed E-state index contributed by atoms with van der Waals surface area (Å²) >= 11 is 0. The van der Waals surface area contributed by atoms with Crippen LogP contribution in [0.5, 0.6) is 0 Å². The molecule has 0 fully saturated rings. The predicted octanol–water partition coefficient (Wildman–Crippen LogP) is 15.9. The lowest BCUT2D eigenvalue weighted by molar-refractivity contribution is 0.670. The number of nitrogens with zero attached hydrogens (tertiary/aromatic N) is 1. The summed E-state index contributed by atoms with van der Waals surface area (Å²) in [6.45, 7) is 0. The Morgan fingerprint density at radius 3 is 1.70 bits per heavy atom. The van der Waals surface area contributed by atoms with Gasteiger partial charge in [0.05, 0.1) is 22.2 Å². The van der Waals surface area contributed by atoms with Crippen LogP contribution in [0.25, 0.3) is 66.1 Å². The molecule has 12 rings (SSSR count). The molecule has 0 amide bonds. The van der Waals surface area contributed by atoms with Crippen LogP contribution < -0.4 is 4.90 Å². The molecule has 0 radical (unpaired) electrons. The van der Waals surface area contributed by atoms with Crippen molar-refractivity contribution in [3.05, 3.63) is 259 Å². The molecule has 10 aromatic carbocycles. The number of hydrogen-bond acceptors (Lipinski definition) is 2. The van der Waals surface area contributed by atoms with E-state index in [1.54, 1.807) is 0 Å². The van der Waals surface area contributed by atoms with Crippen molar-refractivity contribution in [2.75, 3.05) is 4.90 Å². The van der Waals surface area contributed by atoms with E-state index < -0.39 is 5.41 Å². The zero-order valence-corrected chi connectivity index (χ0v) is 33.4. The summed E-state index contributed by atoms with van der Waals surface area (Å²) in [5, 5.41) is 4.64. The van der Waals surface area contributed by atoms with Crippen molar-refractivity contribution in [3.8, 4) is 33.4 Å². The maximum atomic E-state index is 6.89. The SMILES string of the molecule is c1ccc(-c2ccc(N(c3ccc(-c4cccc5ccccc45)cc3)c3cccc4c3-c3ccccc3C4(c3ccccc3)c3ccccc3)c3c2oc2ccccc23)cc1. The third-order valence-corrected chi connectivity index (χ3v) is 12.8. The van der Waals surface area contributed by atoms with Crippen molar-refractivity contribution < 1.29 is 4.42 Å². The van der Waals surface area contributed by atoms with Crippen molar-refractivity contribution in [1.82, 2.24) is 0 Å². The van der Waals surface area contributed by atoms with E-state index in [-0.39, 0.29) is 0 Å². The van der Waals surface area contributed by atoms with Gasteiger partial charge in [0, 0.05) is 22.2 Å². The van der Waals surface area contributed by atoms with Crippen LogP contribution >= 0.6 is 0 Å². The first-order valence-corrected chi connectivity index (χ1v) is 21.0. The summed E-state index contributed by atoms with van der Waals surface area (Å²) in [6, 6.07) is 85.9.